The zero-order valence-electron chi connectivity index (χ0n) is 22.3. The van der Waals surface area contributed by atoms with E-state index in [9.17, 15) is 0 Å². The zero-order valence-corrected chi connectivity index (χ0v) is 22.3. The van der Waals surface area contributed by atoms with Crippen LogP contribution in [0.3, 0.4) is 0 Å². The number of benzene rings is 2. The lowest BCUT2D eigenvalue weighted by atomic mass is 9.90. The van der Waals surface area contributed by atoms with Gasteiger partial charge >= 0.3 is 0 Å². The summed E-state index contributed by atoms with van der Waals surface area (Å²) in [6, 6.07) is 15.5. The smallest absolute Gasteiger partial charge is 0.183 e. The summed E-state index contributed by atoms with van der Waals surface area (Å²) in [5.74, 6) is 1.48. The molecular formula is C29H38O10. The fourth-order valence-corrected chi connectivity index (χ4v) is 4.44. The van der Waals surface area contributed by atoms with Crippen molar-refractivity contribution in [3.05, 3.63) is 59.7 Å². The fourth-order valence-electron chi connectivity index (χ4n) is 4.44. The first-order chi connectivity index (χ1) is 19.3. The first-order valence-electron chi connectivity index (χ1n) is 13.5. The molecule has 0 saturated carbocycles. The van der Waals surface area contributed by atoms with Crippen LogP contribution in [0.15, 0.2) is 48.5 Å². The van der Waals surface area contributed by atoms with Crippen molar-refractivity contribution in [2.24, 2.45) is 5.41 Å². The van der Waals surface area contributed by atoms with E-state index in [1.807, 2.05) is 48.5 Å². The maximum Gasteiger partial charge on any atom is 0.183 e. The normalized spacial score (nSPS) is 28.3. The van der Waals surface area contributed by atoms with E-state index in [2.05, 4.69) is 0 Å². The highest BCUT2D eigenvalue weighted by Crippen LogP contribution is 2.39. The molecule has 2 fully saturated rings. The van der Waals surface area contributed by atoms with E-state index in [0.717, 1.165) is 22.6 Å². The minimum absolute atomic E-state index is 0.348. The van der Waals surface area contributed by atoms with E-state index < -0.39 is 12.6 Å². The van der Waals surface area contributed by atoms with Gasteiger partial charge in [-0.25, -0.2) is 0 Å². The highest BCUT2D eigenvalue weighted by atomic mass is 16.7. The number of hydrogen-bond donors (Lipinski definition) is 0. The zero-order chi connectivity index (χ0) is 26.6. The van der Waals surface area contributed by atoms with Gasteiger partial charge in [0.2, 0.25) is 0 Å². The maximum atomic E-state index is 6.11. The standard InChI is InChI=1S/C29H38O10/c1-3-23-17-25(5-1)34-15-13-32-11-9-30-7-8-31-10-12-33-14-16-35-26-6-2-4-24(18-26)28-38-21-29(22-39-28)19-36-27(23)37-20-29/h1-6,17-18,27-28H,7-16,19-22H2. The van der Waals surface area contributed by atoms with Crippen molar-refractivity contribution < 1.29 is 47.4 Å². The minimum Gasteiger partial charge on any atom is -0.491 e. The Balaban J connectivity index is 1.16. The molecule has 5 heterocycles. The molecule has 10 nitrogen and oxygen atoms in total. The Morgan fingerprint density at radius 1 is 0.462 bits per heavy atom. The van der Waals surface area contributed by atoms with Crippen LogP contribution in [0.25, 0.3) is 0 Å². The lowest BCUT2D eigenvalue weighted by Crippen LogP contribution is -2.49. The van der Waals surface area contributed by atoms with Gasteiger partial charge in [-0.05, 0) is 24.3 Å². The molecule has 0 N–H and O–H groups in total. The van der Waals surface area contributed by atoms with E-state index in [1.165, 1.54) is 0 Å². The largest absolute Gasteiger partial charge is 0.491 e. The number of rotatable bonds is 0. The predicted octanol–water partition coefficient (Wildman–Crippen LogP) is 3.30. The van der Waals surface area contributed by atoms with Crippen LogP contribution in [0.1, 0.15) is 23.7 Å². The summed E-state index contributed by atoms with van der Waals surface area (Å²) < 4.78 is 58.4. The Kier molecular flexibility index (Phi) is 10.8. The van der Waals surface area contributed by atoms with Gasteiger partial charge in [-0.2, -0.15) is 0 Å². The van der Waals surface area contributed by atoms with E-state index in [0.29, 0.717) is 92.5 Å². The van der Waals surface area contributed by atoms with Crippen LogP contribution in [0.4, 0.5) is 0 Å². The molecule has 0 radical (unpaired) electrons. The van der Waals surface area contributed by atoms with Crippen molar-refractivity contribution in [3.8, 4) is 11.5 Å². The molecule has 0 aromatic heterocycles. The van der Waals surface area contributed by atoms with Crippen LogP contribution in [0.5, 0.6) is 11.5 Å². The molecule has 7 bridgehead atoms. The number of hydrogen-bond acceptors (Lipinski definition) is 10. The van der Waals surface area contributed by atoms with Crippen molar-refractivity contribution in [1.82, 2.24) is 0 Å². The third-order valence-electron chi connectivity index (χ3n) is 6.53. The van der Waals surface area contributed by atoms with Crippen molar-refractivity contribution in [1.29, 1.82) is 0 Å². The quantitative estimate of drug-likeness (QED) is 0.490. The summed E-state index contributed by atoms with van der Waals surface area (Å²) in [4.78, 5) is 0. The molecule has 2 saturated heterocycles. The molecule has 2 aromatic rings. The average molecular weight is 547 g/mol. The second-order valence-electron chi connectivity index (χ2n) is 9.70. The lowest BCUT2D eigenvalue weighted by Gasteiger charge is -2.43. The first-order valence-corrected chi connectivity index (χ1v) is 13.5. The van der Waals surface area contributed by atoms with Crippen LogP contribution in [-0.2, 0) is 37.9 Å². The summed E-state index contributed by atoms with van der Waals surface area (Å²) >= 11 is 0. The van der Waals surface area contributed by atoms with E-state index >= 15 is 0 Å². The summed E-state index contributed by atoms with van der Waals surface area (Å²) in [5, 5.41) is 0. The summed E-state index contributed by atoms with van der Waals surface area (Å²) in [6.45, 7) is 6.70. The third kappa shape index (κ3) is 8.60. The summed E-state index contributed by atoms with van der Waals surface area (Å²) in [5.41, 5.74) is 1.46. The average Bonchev–Trinajstić information content (AvgIpc) is 2.98. The molecular weight excluding hydrogens is 508 g/mol. The van der Waals surface area contributed by atoms with Crippen molar-refractivity contribution >= 4 is 0 Å². The number of fused-ring (bicyclic) bond motifs is 2. The molecule has 5 aliphatic rings. The monoisotopic (exact) mass is 546 g/mol. The topological polar surface area (TPSA) is 92.3 Å². The van der Waals surface area contributed by atoms with Crippen molar-refractivity contribution in [3.63, 3.8) is 0 Å². The molecule has 5 aliphatic heterocycles. The molecule has 1 spiro atoms. The van der Waals surface area contributed by atoms with E-state index in [-0.39, 0.29) is 5.41 Å². The third-order valence-corrected chi connectivity index (χ3v) is 6.53. The van der Waals surface area contributed by atoms with Crippen LogP contribution in [0.2, 0.25) is 0 Å². The van der Waals surface area contributed by atoms with E-state index in [4.69, 9.17) is 47.4 Å². The molecule has 2 aromatic carbocycles. The molecule has 214 valence electrons. The maximum absolute atomic E-state index is 6.11. The molecule has 0 atom stereocenters. The highest BCUT2D eigenvalue weighted by Gasteiger charge is 2.42. The highest BCUT2D eigenvalue weighted by molar-refractivity contribution is 5.30. The van der Waals surface area contributed by atoms with Gasteiger partial charge in [0.25, 0.3) is 0 Å². The second-order valence-corrected chi connectivity index (χ2v) is 9.70. The molecule has 0 unspecified atom stereocenters. The molecule has 7 rings (SSSR count). The van der Waals surface area contributed by atoms with Crippen LogP contribution in [0, 0.1) is 5.41 Å². The molecule has 0 amide bonds. The van der Waals surface area contributed by atoms with Crippen molar-refractivity contribution in [2.45, 2.75) is 12.6 Å². The van der Waals surface area contributed by atoms with Crippen LogP contribution in [-0.4, -0.2) is 92.5 Å². The van der Waals surface area contributed by atoms with Crippen LogP contribution >= 0.6 is 0 Å². The van der Waals surface area contributed by atoms with Gasteiger partial charge in [0.1, 0.15) is 24.7 Å². The van der Waals surface area contributed by atoms with Gasteiger partial charge in [-0.1, -0.05) is 24.3 Å². The summed E-state index contributed by atoms with van der Waals surface area (Å²) in [6.07, 6.45) is -0.939. The number of ether oxygens (including phenoxy) is 10. The first kappa shape index (κ1) is 28.3. The Morgan fingerprint density at radius 3 is 1.21 bits per heavy atom. The van der Waals surface area contributed by atoms with Gasteiger partial charge in [0, 0.05) is 11.1 Å². The Hall–Kier alpha value is -2.28. The second kappa shape index (κ2) is 14.9. The fraction of sp³-hybridized carbons (Fsp3) is 0.586. The lowest BCUT2D eigenvalue weighted by molar-refractivity contribution is -0.307. The van der Waals surface area contributed by atoms with Gasteiger partial charge in [0.05, 0.1) is 84.7 Å². The Bertz CT molecular complexity index is 903. The van der Waals surface area contributed by atoms with E-state index in [1.54, 1.807) is 0 Å². The van der Waals surface area contributed by atoms with Gasteiger partial charge in [-0.15, -0.1) is 0 Å². The van der Waals surface area contributed by atoms with Gasteiger partial charge in [0.15, 0.2) is 12.6 Å². The Morgan fingerprint density at radius 2 is 0.821 bits per heavy atom. The SMILES string of the molecule is c1cc2cc(c1)C1OCC3(CO1)COC(OC3)c1cccc(c1)OCCOCCOCCOCCOCCO2. The molecule has 10 heteroatoms. The molecule has 39 heavy (non-hydrogen) atoms. The van der Waals surface area contributed by atoms with Crippen LogP contribution < -0.4 is 9.47 Å². The summed E-state index contributed by atoms with van der Waals surface area (Å²) in [7, 11) is 0. The Labute approximate surface area is 229 Å². The van der Waals surface area contributed by atoms with Gasteiger partial charge in [-0.3, -0.25) is 0 Å². The predicted molar refractivity (Wildman–Crippen MR) is 139 cm³/mol. The van der Waals surface area contributed by atoms with Gasteiger partial charge < -0.3 is 47.4 Å². The van der Waals surface area contributed by atoms with Crippen molar-refractivity contribution in [2.75, 3.05) is 92.5 Å². The minimum atomic E-state index is -0.469. The molecule has 0 aliphatic carbocycles.